The van der Waals surface area contributed by atoms with Gasteiger partial charge < -0.3 is 9.80 Å². The van der Waals surface area contributed by atoms with Gasteiger partial charge in [0.25, 0.3) is 0 Å². The average Bonchev–Trinajstić information content (AvgIpc) is 2.89. The van der Waals surface area contributed by atoms with E-state index in [0.717, 1.165) is 21.1 Å². The lowest BCUT2D eigenvalue weighted by molar-refractivity contribution is -0.156. The highest BCUT2D eigenvalue weighted by Crippen LogP contribution is 2.24. The third-order valence-electron chi connectivity index (χ3n) is 4.48. The SMILES string of the molecule is Cc1nc(CN2C(=O)CN(Cc3ccccc3Cl)C(=O)[C@@H]2C)sc1C. The highest BCUT2D eigenvalue weighted by Gasteiger charge is 2.37. The number of rotatable bonds is 4. The molecule has 1 aliphatic heterocycles. The molecule has 0 saturated carbocycles. The van der Waals surface area contributed by atoms with Gasteiger partial charge >= 0.3 is 0 Å². The van der Waals surface area contributed by atoms with E-state index in [0.29, 0.717) is 18.1 Å². The minimum Gasteiger partial charge on any atom is -0.327 e. The number of hydrogen-bond acceptors (Lipinski definition) is 4. The first-order valence-corrected chi connectivity index (χ1v) is 9.31. The topological polar surface area (TPSA) is 53.5 Å². The van der Waals surface area contributed by atoms with Crippen molar-refractivity contribution in [3.8, 4) is 0 Å². The molecule has 0 radical (unpaired) electrons. The minimum absolute atomic E-state index is 0.0651. The Labute approximate surface area is 156 Å². The standard InChI is InChI=1S/C18H20ClN3O2S/c1-11-13(3)25-16(20-11)9-22-12(2)18(24)21(10-17(22)23)8-14-6-4-5-7-15(14)19/h4-7,12H,8-10H2,1-3H3/t12-/m0/s1. The van der Waals surface area contributed by atoms with E-state index in [2.05, 4.69) is 4.98 Å². The molecule has 1 fully saturated rings. The van der Waals surface area contributed by atoms with Crippen LogP contribution in [0.4, 0.5) is 0 Å². The molecule has 2 aromatic rings. The van der Waals surface area contributed by atoms with Crippen molar-refractivity contribution in [2.45, 2.75) is 39.9 Å². The van der Waals surface area contributed by atoms with E-state index in [4.69, 9.17) is 11.6 Å². The van der Waals surface area contributed by atoms with Gasteiger partial charge in [-0.2, -0.15) is 0 Å². The minimum atomic E-state index is -0.506. The van der Waals surface area contributed by atoms with Crippen LogP contribution in [0, 0.1) is 13.8 Å². The van der Waals surface area contributed by atoms with Gasteiger partial charge in [-0.3, -0.25) is 9.59 Å². The van der Waals surface area contributed by atoms with Crippen LogP contribution in [-0.4, -0.2) is 39.2 Å². The third-order valence-corrected chi connectivity index (χ3v) is 5.91. The zero-order valence-electron chi connectivity index (χ0n) is 14.5. The molecule has 1 atom stereocenters. The number of aromatic nitrogens is 1. The molecule has 1 aromatic heterocycles. The number of thiazole rings is 1. The molecule has 0 bridgehead atoms. The van der Waals surface area contributed by atoms with E-state index >= 15 is 0 Å². The van der Waals surface area contributed by atoms with Crippen LogP contribution in [0.5, 0.6) is 0 Å². The van der Waals surface area contributed by atoms with Gasteiger partial charge in [0, 0.05) is 16.4 Å². The molecule has 0 unspecified atom stereocenters. The predicted octanol–water partition coefficient (Wildman–Crippen LogP) is 3.17. The van der Waals surface area contributed by atoms with Gasteiger partial charge in [-0.1, -0.05) is 29.8 Å². The zero-order valence-corrected chi connectivity index (χ0v) is 16.0. The van der Waals surface area contributed by atoms with Crippen LogP contribution < -0.4 is 0 Å². The van der Waals surface area contributed by atoms with Gasteiger partial charge in [-0.25, -0.2) is 4.98 Å². The highest BCUT2D eigenvalue weighted by atomic mass is 35.5. The van der Waals surface area contributed by atoms with E-state index in [1.807, 2.05) is 32.0 Å². The van der Waals surface area contributed by atoms with E-state index in [-0.39, 0.29) is 18.4 Å². The molecule has 7 heteroatoms. The molecule has 0 aliphatic carbocycles. The predicted molar refractivity (Wildman–Crippen MR) is 98.5 cm³/mol. The van der Waals surface area contributed by atoms with Gasteiger partial charge in [-0.05, 0) is 32.4 Å². The Morgan fingerprint density at radius 1 is 1.24 bits per heavy atom. The van der Waals surface area contributed by atoms with Gasteiger partial charge in [0.2, 0.25) is 11.8 Å². The Bertz CT molecular complexity index is 801. The molecule has 1 saturated heterocycles. The molecule has 1 aliphatic rings. The summed E-state index contributed by atoms with van der Waals surface area (Å²) in [5.41, 5.74) is 1.82. The summed E-state index contributed by atoms with van der Waals surface area (Å²) in [7, 11) is 0. The fraction of sp³-hybridized carbons (Fsp3) is 0.389. The third kappa shape index (κ3) is 3.70. The lowest BCUT2D eigenvalue weighted by atomic mass is 10.1. The first-order chi connectivity index (χ1) is 11.9. The van der Waals surface area contributed by atoms with Crippen LogP contribution in [0.2, 0.25) is 5.02 Å². The van der Waals surface area contributed by atoms with E-state index in [9.17, 15) is 9.59 Å². The number of hydrogen-bond donors (Lipinski definition) is 0. The second kappa shape index (κ2) is 7.14. The Balaban J connectivity index is 1.74. The van der Waals surface area contributed by atoms with Crippen molar-refractivity contribution in [3.05, 3.63) is 50.4 Å². The molecular weight excluding hydrogens is 358 g/mol. The number of benzene rings is 1. The molecule has 2 heterocycles. The van der Waals surface area contributed by atoms with Gasteiger partial charge in [0.1, 0.15) is 17.6 Å². The fourth-order valence-electron chi connectivity index (χ4n) is 2.89. The van der Waals surface area contributed by atoms with Crippen molar-refractivity contribution in [2.75, 3.05) is 6.54 Å². The lowest BCUT2D eigenvalue weighted by Gasteiger charge is -2.38. The molecule has 0 spiro atoms. The van der Waals surface area contributed by atoms with Crippen LogP contribution in [-0.2, 0) is 22.7 Å². The Morgan fingerprint density at radius 2 is 1.96 bits per heavy atom. The Kier molecular flexibility index (Phi) is 5.11. The van der Waals surface area contributed by atoms with E-state index in [1.165, 1.54) is 0 Å². The summed E-state index contributed by atoms with van der Waals surface area (Å²) in [6.45, 7) is 6.52. The van der Waals surface area contributed by atoms with Crippen molar-refractivity contribution in [2.24, 2.45) is 0 Å². The second-order valence-corrected chi connectivity index (χ2v) is 7.93. The number of carbonyl (C=O) groups excluding carboxylic acids is 2. The quantitative estimate of drug-likeness (QED) is 0.822. The molecule has 1 aromatic carbocycles. The number of piperazine rings is 1. The lowest BCUT2D eigenvalue weighted by Crippen LogP contribution is -2.58. The summed E-state index contributed by atoms with van der Waals surface area (Å²) in [4.78, 5) is 34.1. The normalized spacial score (nSPS) is 18.2. The number of aryl methyl sites for hydroxylation is 2. The summed E-state index contributed by atoms with van der Waals surface area (Å²) in [5.74, 6) is -0.130. The first-order valence-electron chi connectivity index (χ1n) is 8.11. The highest BCUT2D eigenvalue weighted by molar-refractivity contribution is 7.11. The van der Waals surface area contributed by atoms with Crippen LogP contribution in [0.25, 0.3) is 0 Å². The maximum atomic E-state index is 12.7. The Morgan fingerprint density at radius 3 is 2.60 bits per heavy atom. The number of amides is 2. The summed E-state index contributed by atoms with van der Waals surface area (Å²) >= 11 is 7.75. The Hall–Kier alpha value is -1.92. The van der Waals surface area contributed by atoms with Crippen molar-refractivity contribution in [1.29, 1.82) is 0 Å². The fourth-order valence-corrected chi connectivity index (χ4v) is 4.02. The molecule has 5 nitrogen and oxygen atoms in total. The molecule has 2 amide bonds. The van der Waals surface area contributed by atoms with Crippen molar-refractivity contribution in [3.63, 3.8) is 0 Å². The smallest absolute Gasteiger partial charge is 0.245 e. The van der Waals surface area contributed by atoms with Gasteiger partial charge in [0.05, 0.1) is 12.2 Å². The summed E-state index contributed by atoms with van der Waals surface area (Å²) < 4.78 is 0. The van der Waals surface area contributed by atoms with E-state index < -0.39 is 6.04 Å². The van der Waals surface area contributed by atoms with Crippen molar-refractivity contribution >= 4 is 34.8 Å². The molecule has 25 heavy (non-hydrogen) atoms. The maximum Gasteiger partial charge on any atom is 0.245 e. The number of carbonyl (C=O) groups is 2. The monoisotopic (exact) mass is 377 g/mol. The van der Waals surface area contributed by atoms with Gasteiger partial charge in [-0.15, -0.1) is 11.3 Å². The van der Waals surface area contributed by atoms with Crippen LogP contribution >= 0.6 is 22.9 Å². The van der Waals surface area contributed by atoms with Crippen LogP contribution in [0.15, 0.2) is 24.3 Å². The number of nitrogens with zero attached hydrogens (tertiary/aromatic N) is 3. The maximum absolute atomic E-state index is 12.7. The second-order valence-electron chi connectivity index (χ2n) is 6.23. The number of halogens is 1. The summed E-state index contributed by atoms with van der Waals surface area (Å²) in [6, 6.07) is 6.87. The molecule has 0 N–H and O–H groups in total. The molecular formula is C18H20ClN3O2S. The summed E-state index contributed by atoms with van der Waals surface area (Å²) in [6.07, 6.45) is 0. The molecule has 3 rings (SSSR count). The van der Waals surface area contributed by atoms with Gasteiger partial charge in [0.15, 0.2) is 0 Å². The van der Waals surface area contributed by atoms with Crippen molar-refractivity contribution in [1.82, 2.24) is 14.8 Å². The van der Waals surface area contributed by atoms with Crippen molar-refractivity contribution < 1.29 is 9.59 Å². The van der Waals surface area contributed by atoms with Crippen LogP contribution in [0.1, 0.15) is 28.1 Å². The molecule has 132 valence electrons. The zero-order chi connectivity index (χ0) is 18.1. The summed E-state index contributed by atoms with van der Waals surface area (Å²) in [5, 5.41) is 1.47. The average molecular weight is 378 g/mol. The first kappa shape index (κ1) is 17.9. The van der Waals surface area contributed by atoms with Crippen LogP contribution in [0.3, 0.4) is 0 Å². The van der Waals surface area contributed by atoms with E-state index in [1.54, 1.807) is 34.1 Å². The largest absolute Gasteiger partial charge is 0.327 e.